The Balaban J connectivity index is 1.82. The molecular weight excluding hydrogens is 334 g/mol. The van der Waals surface area contributed by atoms with Crippen molar-refractivity contribution < 1.29 is 14.5 Å². The first-order valence-electron chi connectivity index (χ1n) is 7.80. The third-order valence-electron chi connectivity index (χ3n) is 3.60. The largest absolute Gasteiger partial charge is 0.489 e. The highest BCUT2D eigenvalue weighted by Crippen LogP contribution is 2.25. The van der Waals surface area contributed by atoms with Crippen LogP contribution >= 0.6 is 0 Å². The Morgan fingerprint density at radius 2 is 1.81 bits per heavy atom. The second-order valence-corrected chi connectivity index (χ2v) is 5.40. The summed E-state index contributed by atoms with van der Waals surface area (Å²) in [4.78, 5) is 27.0. The van der Waals surface area contributed by atoms with E-state index in [2.05, 4.69) is 10.3 Å². The van der Waals surface area contributed by atoms with Crippen LogP contribution in [-0.2, 0) is 6.61 Å². The van der Waals surface area contributed by atoms with Crippen molar-refractivity contribution in [2.24, 2.45) is 0 Å². The fraction of sp³-hybridized carbons (Fsp3) is 0.0526. The molecule has 0 unspecified atom stereocenters. The second kappa shape index (κ2) is 7.89. The molecule has 1 aromatic heterocycles. The van der Waals surface area contributed by atoms with Crippen LogP contribution in [0.25, 0.3) is 0 Å². The minimum absolute atomic E-state index is 0.0719. The first kappa shape index (κ1) is 17.1. The number of nitrogens with one attached hydrogen (secondary N) is 1. The Kier molecular flexibility index (Phi) is 5.19. The number of benzene rings is 2. The third-order valence-corrected chi connectivity index (χ3v) is 3.60. The molecule has 0 atom stereocenters. The summed E-state index contributed by atoms with van der Waals surface area (Å²) >= 11 is 0. The molecule has 0 radical (unpaired) electrons. The number of hydrogen-bond donors (Lipinski definition) is 1. The lowest BCUT2D eigenvalue weighted by Crippen LogP contribution is -2.14. The second-order valence-electron chi connectivity index (χ2n) is 5.40. The van der Waals surface area contributed by atoms with Crippen LogP contribution in [0.4, 0.5) is 11.4 Å². The van der Waals surface area contributed by atoms with Crippen molar-refractivity contribution in [3.05, 3.63) is 94.3 Å². The minimum atomic E-state index is -0.595. The fourth-order valence-corrected chi connectivity index (χ4v) is 2.32. The molecule has 3 aromatic rings. The average Bonchev–Trinajstić information content (AvgIpc) is 2.67. The summed E-state index contributed by atoms with van der Waals surface area (Å²) < 4.78 is 5.66. The molecule has 7 heteroatoms. The fourth-order valence-electron chi connectivity index (χ4n) is 2.32. The Bertz CT molecular complexity index is 915. The van der Waals surface area contributed by atoms with Crippen LogP contribution < -0.4 is 10.1 Å². The molecule has 0 aliphatic heterocycles. The first-order chi connectivity index (χ1) is 12.6. The van der Waals surface area contributed by atoms with E-state index in [0.717, 1.165) is 5.56 Å². The van der Waals surface area contributed by atoms with E-state index >= 15 is 0 Å². The van der Waals surface area contributed by atoms with Crippen molar-refractivity contribution in [1.82, 2.24) is 4.98 Å². The lowest BCUT2D eigenvalue weighted by molar-refractivity contribution is -0.385. The molecular formula is C19H15N3O4. The number of aromatic nitrogens is 1. The lowest BCUT2D eigenvalue weighted by Gasteiger charge is -2.09. The highest BCUT2D eigenvalue weighted by molar-refractivity contribution is 6.07. The number of amides is 1. The van der Waals surface area contributed by atoms with Crippen molar-refractivity contribution in [1.29, 1.82) is 0 Å². The van der Waals surface area contributed by atoms with Crippen LogP contribution in [-0.4, -0.2) is 15.8 Å². The van der Waals surface area contributed by atoms with Crippen LogP contribution in [0.5, 0.6) is 5.75 Å². The number of rotatable bonds is 6. The van der Waals surface area contributed by atoms with Crippen LogP contribution in [0.3, 0.4) is 0 Å². The number of ether oxygens (including phenoxy) is 1. The van der Waals surface area contributed by atoms with E-state index in [0.29, 0.717) is 18.0 Å². The zero-order valence-corrected chi connectivity index (χ0v) is 13.7. The highest BCUT2D eigenvalue weighted by Gasteiger charge is 2.21. The van der Waals surface area contributed by atoms with Gasteiger partial charge in [-0.1, -0.05) is 30.3 Å². The standard InChI is InChI=1S/C19H15N3O4/c23-19(21-15-8-10-20-11-9-15)17-12-16(6-7-18(17)22(24)25)26-13-14-4-2-1-3-5-14/h1-12H,13H2,(H,20,21,23). The van der Waals surface area contributed by atoms with Gasteiger partial charge < -0.3 is 10.1 Å². The predicted molar refractivity (Wildman–Crippen MR) is 96.1 cm³/mol. The summed E-state index contributed by atoms with van der Waals surface area (Å²) in [5.41, 5.74) is 1.09. The molecule has 3 rings (SSSR count). The van der Waals surface area contributed by atoms with E-state index in [4.69, 9.17) is 4.74 Å². The number of hydrogen-bond acceptors (Lipinski definition) is 5. The predicted octanol–water partition coefficient (Wildman–Crippen LogP) is 3.82. The Morgan fingerprint density at radius 1 is 1.08 bits per heavy atom. The van der Waals surface area contributed by atoms with Crippen molar-refractivity contribution in [2.75, 3.05) is 5.32 Å². The Labute approximate surface area is 149 Å². The van der Waals surface area contributed by atoms with Gasteiger partial charge in [-0.05, 0) is 29.8 Å². The van der Waals surface area contributed by atoms with Gasteiger partial charge in [-0.3, -0.25) is 19.9 Å². The molecule has 1 amide bonds. The van der Waals surface area contributed by atoms with Gasteiger partial charge >= 0.3 is 0 Å². The number of pyridine rings is 1. The van der Waals surface area contributed by atoms with Crippen molar-refractivity contribution in [3.8, 4) is 5.75 Å². The lowest BCUT2D eigenvalue weighted by atomic mass is 10.1. The van der Waals surface area contributed by atoms with Crippen LogP contribution in [0, 0.1) is 10.1 Å². The van der Waals surface area contributed by atoms with Crippen molar-refractivity contribution in [3.63, 3.8) is 0 Å². The Hall–Kier alpha value is -3.74. The van der Waals surface area contributed by atoms with E-state index in [1.54, 1.807) is 12.1 Å². The van der Waals surface area contributed by atoms with Gasteiger partial charge in [-0.2, -0.15) is 0 Å². The maximum atomic E-state index is 12.5. The number of carbonyl (C=O) groups excluding carboxylic acids is 1. The molecule has 0 spiro atoms. The highest BCUT2D eigenvalue weighted by atomic mass is 16.6. The molecule has 1 heterocycles. The topological polar surface area (TPSA) is 94.4 Å². The van der Waals surface area contributed by atoms with Gasteiger partial charge in [-0.15, -0.1) is 0 Å². The van der Waals surface area contributed by atoms with Crippen LogP contribution in [0.2, 0.25) is 0 Å². The monoisotopic (exact) mass is 349 g/mol. The Morgan fingerprint density at radius 3 is 2.50 bits per heavy atom. The quantitative estimate of drug-likeness (QED) is 0.539. The summed E-state index contributed by atoms with van der Waals surface area (Å²) in [5, 5.41) is 13.9. The molecule has 0 bridgehead atoms. The number of nitro benzene ring substituents is 1. The maximum Gasteiger partial charge on any atom is 0.282 e. The van der Waals surface area contributed by atoms with E-state index in [-0.39, 0.29) is 11.3 Å². The van der Waals surface area contributed by atoms with Gasteiger partial charge in [0.2, 0.25) is 0 Å². The van der Waals surface area contributed by atoms with E-state index < -0.39 is 10.8 Å². The number of carbonyl (C=O) groups is 1. The zero-order chi connectivity index (χ0) is 18.4. The van der Waals surface area contributed by atoms with E-state index in [1.165, 1.54) is 30.6 Å². The van der Waals surface area contributed by atoms with Crippen LogP contribution in [0.1, 0.15) is 15.9 Å². The van der Waals surface area contributed by atoms with Gasteiger partial charge in [0.05, 0.1) is 4.92 Å². The molecule has 26 heavy (non-hydrogen) atoms. The summed E-state index contributed by atoms with van der Waals surface area (Å²) in [6.45, 7) is 0.296. The molecule has 2 aromatic carbocycles. The molecule has 0 aliphatic rings. The van der Waals surface area contributed by atoms with E-state index in [9.17, 15) is 14.9 Å². The third kappa shape index (κ3) is 4.21. The van der Waals surface area contributed by atoms with Crippen molar-refractivity contribution >= 4 is 17.3 Å². The molecule has 130 valence electrons. The number of nitrogens with zero attached hydrogens (tertiary/aromatic N) is 2. The van der Waals surface area contributed by atoms with Gasteiger partial charge in [0.25, 0.3) is 11.6 Å². The van der Waals surface area contributed by atoms with Gasteiger partial charge in [-0.25, -0.2) is 0 Å². The molecule has 7 nitrogen and oxygen atoms in total. The average molecular weight is 349 g/mol. The molecule has 0 saturated heterocycles. The number of nitro groups is 1. The zero-order valence-electron chi connectivity index (χ0n) is 13.7. The summed E-state index contributed by atoms with van der Waals surface area (Å²) in [6, 6.07) is 16.8. The summed E-state index contributed by atoms with van der Waals surface area (Å²) in [7, 11) is 0. The normalized spacial score (nSPS) is 10.2. The van der Waals surface area contributed by atoms with Gasteiger partial charge in [0, 0.05) is 24.1 Å². The first-order valence-corrected chi connectivity index (χ1v) is 7.80. The molecule has 0 fully saturated rings. The number of anilines is 1. The van der Waals surface area contributed by atoms with Gasteiger partial charge in [0.1, 0.15) is 17.9 Å². The molecule has 0 saturated carbocycles. The SMILES string of the molecule is O=C(Nc1ccncc1)c1cc(OCc2ccccc2)ccc1[N+](=O)[O-]. The van der Waals surface area contributed by atoms with Gasteiger partial charge in [0.15, 0.2) is 0 Å². The summed E-state index contributed by atoms with van der Waals surface area (Å²) in [6.07, 6.45) is 3.03. The minimum Gasteiger partial charge on any atom is -0.489 e. The molecule has 1 N–H and O–H groups in total. The molecule has 0 aliphatic carbocycles. The van der Waals surface area contributed by atoms with Crippen LogP contribution in [0.15, 0.2) is 73.1 Å². The smallest absolute Gasteiger partial charge is 0.282 e. The summed E-state index contributed by atoms with van der Waals surface area (Å²) in [5.74, 6) is -0.215. The maximum absolute atomic E-state index is 12.5. The van der Waals surface area contributed by atoms with E-state index in [1.807, 2.05) is 30.3 Å². The van der Waals surface area contributed by atoms with Crippen molar-refractivity contribution in [2.45, 2.75) is 6.61 Å².